The Kier molecular flexibility index (Phi) is 4.57. The molecule has 0 aromatic rings. The smallest absolute Gasteiger partial charge is 0.171 e. The van der Waals surface area contributed by atoms with Gasteiger partial charge in [-0.3, -0.25) is 4.79 Å². The van der Waals surface area contributed by atoms with E-state index in [4.69, 9.17) is 9.47 Å². The summed E-state index contributed by atoms with van der Waals surface area (Å²) in [6.45, 7) is 13.5. The monoisotopic (exact) mass is 283 g/mol. The highest BCUT2D eigenvalue weighted by molar-refractivity contribution is 5.91. The van der Waals surface area contributed by atoms with E-state index in [0.29, 0.717) is 6.10 Å². The first kappa shape index (κ1) is 15.9. The van der Waals surface area contributed by atoms with E-state index >= 15 is 0 Å². The van der Waals surface area contributed by atoms with E-state index in [-0.39, 0.29) is 17.3 Å². The van der Waals surface area contributed by atoms with Crippen LogP contribution in [0.2, 0.25) is 0 Å². The lowest BCUT2D eigenvalue weighted by molar-refractivity contribution is -0.132. The van der Waals surface area contributed by atoms with E-state index in [1.54, 1.807) is 0 Å². The second-order valence-corrected chi connectivity index (χ2v) is 7.12. The van der Waals surface area contributed by atoms with Crippen molar-refractivity contribution in [3.05, 3.63) is 0 Å². The molecule has 0 saturated carbocycles. The first-order valence-electron chi connectivity index (χ1n) is 7.84. The fraction of sp³-hybridized carbons (Fsp3) is 0.938. The van der Waals surface area contributed by atoms with Crippen LogP contribution in [0.4, 0.5) is 0 Å². The molecular weight excluding hydrogens is 254 g/mol. The van der Waals surface area contributed by atoms with E-state index < -0.39 is 5.60 Å². The lowest BCUT2D eigenvalue weighted by Crippen LogP contribution is -2.43. The number of likely N-dealkylation sites (N-methyl/N-ethyl adjacent to an activating group) is 1. The van der Waals surface area contributed by atoms with E-state index in [1.165, 1.54) is 0 Å². The van der Waals surface area contributed by atoms with Gasteiger partial charge in [-0.1, -0.05) is 6.92 Å². The Hall–Kier alpha value is -0.450. The number of hydrogen-bond acceptors (Lipinski definition) is 4. The third kappa shape index (κ3) is 3.23. The molecule has 2 unspecified atom stereocenters. The Morgan fingerprint density at radius 3 is 2.40 bits per heavy atom. The summed E-state index contributed by atoms with van der Waals surface area (Å²) in [7, 11) is 0. The van der Waals surface area contributed by atoms with Crippen LogP contribution in [0.25, 0.3) is 0 Å². The third-order valence-electron chi connectivity index (χ3n) is 4.64. The second-order valence-electron chi connectivity index (χ2n) is 7.12. The van der Waals surface area contributed by atoms with Gasteiger partial charge in [0.1, 0.15) is 5.60 Å². The predicted molar refractivity (Wildman–Crippen MR) is 78.8 cm³/mol. The molecule has 2 atom stereocenters. The van der Waals surface area contributed by atoms with Crippen LogP contribution in [0.15, 0.2) is 0 Å². The van der Waals surface area contributed by atoms with Crippen LogP contribution >= 0.6 is 0 Å². The molecule has 4 heteroatoms. The molecule has 0 radical (unpaired) electrons. The average molecular weight is 283 g/mol. The van der Waals surface area contributed by atoms with Crippen molar-refractivity contribution in [1.82, 2.24) is 4.90 Å². The molecule has 2 heterocycles. The SMILES string of the molecule is CCN(CC1CCCO1)CC1C(=O)C(C)(C)OC1(C)C. The van der Waals surface area contributed by atoms with Crippen LogP contribution < -0.4 is 0 Å². The molecule has 116 valence electrons. The molecule has 0 amide bonds. The van der Waals surface area contributed by atoms with Crippen LogP contribution in [0, 0.1) is 5.92 Å². The standard InChI is InChI=1S/C16H29NO3/c1-6-17(10-12-8-7-9-19-12)11-13-14(18)16(4,5)20-15(13,2)3/h12-13H,6-11H2,1-5H3. The van der Waals surface area contributed by atoms with Crippen molar-refractivity contribution in [1.29, 1.82) is 0 Å². The van der Waals surface area contributed by atoms with Crippen LogP contribution in [-0.2, 0) is 14.3 Å². The Morgan fingerprint density at radius 2 is 1.95 bits per heavy atom. The van der Waals surface area contributed by atoms with E-state index in [1.807, 2.05) is 27.7 Å². The minimum Gasteiger partial charge on any atom is -0.377 e. The first-order chi connectivity index (χ1) is 9.26. The topological polar surface area (TPSA) is 38.8 Å². The van der Waals surface area contributed by atoms with Crippen molar-refractivity contribution < 1.29 is 14.3 Å². The molecule has 0 spiro atoms. The van der Waals surface area contributed by atoms with Crippen LogP contribution in [0.3, 0.4) is 0 Å². The van der Waals surface area contributed by atoms with E-state index in [9.17, 15) is 4.79 Å². The van der Waals surface area contributed by atoms with Crippen molar-refractivity contribution in [3.63, 3.8) is 0 Å². The van der Waals surface area contributed by atoms with Crippen molar-refractivity contribution in [3.8, 4) is 0 Å². The Bertz CT molecular complexity index is 359. The summed E-state index contributed by atoms with van der Waals surface area (Å²) in [5.74, 6) is 0.173. The first-order valence-corrected chi connectivity index (χ1v) is 7.84. The highest BCUT2D eigenvalue weighted by atomic mass is 16.5. The molecule has 0 N–H and O–H groups in total. The molecule has 2 saturated heterocycles. The van der Waals surface area contributed by atoms with Gasteiger partial charge in [-0.05, 0) is 47.1 Å². The van der Waals surface area contributed by atoms with Crippen LogP contribution in [0.1, 0.15) is 47.5 Å². The maximum Gasteiger partial charge on any atom is 0.171 e. The molecule has 0 bridgehead atoms. The molecule has 2 rings (SSSR count). The number of ether oxygens (including phenoxy) is 2. The average Bonchev–Trinajstić information content (AvgIpc) is 2.88. The van der Waals surface area contributed by atoms with Gasteiger partial charge in [-0.25, -0.2) is 0 Å². The molecule has 20 heavy (non-hydrogen) atoms. The number of rotatable bonds is 5. The quantitative estimate of drug-likeness (QED) is 0.776. The molecule has 2 fully saturated rings. The summed E-state index contributed by atoms with van der Waals surface area (Å²) in [4.78, 5) is 14.9. The summed E-state index contributed by atoms with van der Waals surface area (Å²) in [6.07, 6.45) is 2.63. The maximum atomic E-state index is 12.5. The largest absolute Gasteiger partial charge is 0.377 e. The Morgan fingerprint density at radius 1 is 1.25 bits per heavy atom. The van der Waals surface area contributed by atoms with Gasteiger partial charge >= 0.3 is 0 Å². The normalized spacial score (nSPS) is 32.2. The summed E-state index contributed by atoms with van der Waals surface area (Å²) in [5, 5.41) is 0. The number of hydrogen-bond donors (Lipinski definition) is 0. The van der Waals surface area contributed by atoms with Gasteiger partial charge in [0.15, 0.2) is 5.78 Å². The lowest BCUT2D eigenvalue weighted by Gasteiger charge is -2.31. The van der Waals surface area contributed by atoms with Gasteiger partial charge in [0.2, 0.25) is 0 Å². The molecule has 0 aliphatic carbocycles. The minimum atomic E-state index is -0.655. The summed E-state index contributed by atoms with van der Waals surface area (Å²) < 4.78 is 11.7. The zero-order valence-electron chi connectivity index (χ0n) is 13.6. The molecule has 2 aliphatic heterocycles. The minimum absolute atomic E-state index is 0.0566. The number of nitrogens with zero attached hydrogens (tertiary/aromatic N) is 1. The zero-order valence-corrected chi connectivity index (χ0v) is 13.6. The van der Waals surface area contributed by atoms with Crippen molar-refractivity contribution in [2.45, 2.75) is 64.8 Å². The lowest BCUT2D eigenvalue weighted by atomic mass is 9.85. The van der Waals surface area contributed by atoms with Crippen LogP contribution in [-0.4, -0.2) is 54.2 Å². The molecule has 2 aliphatic rings. The number of carbonyl (C=O) groups excluding carboxylic acids is 1. The van der Waals surface area contributed by atoms with Gasteiger partial charge in [0.25, 0.3) is 0 Å². The second kappa shape index (κ2) is 5.74. The maximum absolute atomic E-state index is 12.5. The van der Waals surface area contributed by atoms with E-state index in [0.717, 1.165) is 39.1 Å². The molecular formula is C16H29NO3. The summed E-state index contributed by atoms with van der Waals surface area (Å²) >= 11 is 0. The number of carbonyl (C=O) groups is 1. The fourth-order valence-corrected chi connectivity index (χ4v) is 3.48. The molecule has 0 aromatic carbocycles. The fourth-order valence-electron chi connectivity index (χ4n) is 3.48. The third-order valence-corrected chi connectivity index (χ3v) is 4.64. The predicted octanol–water partition coefficient (Wildman–Crippen LogP) is 2.26. The van der Waals surface area contributed by atoms with Gasteiger partial charge in [0.05, 0.1) is 17.6 Å². The zero-order chi connectivity index (χ0) is 15.0. The van der Waals surface area contributed by atoms with Gasteiger partial charge in [0, 0.05) is 19.7 Å². The summed E-state index contributed by atoms with van der Waals surface area (Å²) in [5.41, 5.74) is -1.04. The van der Waals surface area contributed by atoms with Crippen LogP contribution in [0.5, 0.6) is 0 Å². The molecule has 0 aromatic heterocycles. The number of ketones is 1. The number of Topliss-reactive ketones (excluding diaryl/α,β-unsaturated/α-hetero) is 1. The highest BCUT2D eigenvalue weighted by Crippen LogP contribution is 2.39. The van der Waals surface area contributed by atoms with Crippen molar-refractivity contribution in [2.75, 3.05) is 26.2 Å². The van der Waals surface area contributed by atoms with Gasteiger partial charge < -0.3 is 14.4 Å². The van der Waals surface area contributed by atoms with Crippen molar-refractivity contribution in [2.24, 2.45) is 5.92 Å². The molecule has 4 nitrogen and oxygen atoms in total. The Balaban J connectivity index is 2.00. The van der Waals surface area contributed by atoms with Gasteiger partial charge in [-0.2, -0.15) is 0 Å². The highest BCUT2D eigenvalue weighted by Gasteiger charge is 2.53. The summed E-state index contributed by atoms with van der Waals surface area (Å²) in [6, 6.07) is 0. The van der Waals surface area contributed by atoms with E-state index in [2.05, 4.69) is 11.8 Å². The van der Waals surface area contributed by atoms with Gasteiger partial charge in [-0.15, -0.1) is 0 Å². The van der Waals surface area contributed by atoms with Crippen molar-refractivity contribution >= 4 is 5.78 Å². The Labute approximate surface area is 122 Å².